The lowest BCUT2D eigenvalue weighted by Gasteiger charge is -2.11. The van der Waals surface area contributed by atoms with Crippen LogP contribution in [0.2, 0.25) is 0 Å². The van der Waals surface area contributed by atoms with E-state index in [4.69, 9.17) is 9.47 Å². The molecule has 18 heavy (non-hydrogen) atoms. The first-order chi connectivity index (χ1) is 8.70. The number of nitrogens with zero attached hydrogens (tertiary/aromatic N) is 1. The van der Waals surface area contributed by atoms with Crippen LogP contribution in [0, 0.1) is 13.8 Å². The molecule has 3 nitrogen and oxygen atoms in total. The first kappa shape index (κ1) is 12.6. The van der Waals surface area contributed by atoms with Crippen LogP contribution in [0.1, 0.15) is 11.4 Å². The number of methoxy groups -OCH3 is 1. The SMILES string of the molecule is COc1cccc(OCCn2c(C)ccc2C)c1. The van der Waals surface area contributed by atoms with E-state index in [1.807, 2.05) is 24.3 Å². The zero-order valence-corrected chi connectivity index (χ0v) is 11.1. The van der Waals surface area contributed by atoms with Crippen LogP contribution >= 0.6 is 0 Å². The highest BCUT2D eigenvalue weighted by Gasteiger charge is 2.01. The van der Waals surface area contributed by atoms with Crippen LogP contribution in [0.3, 0.4) is 0 Å². The minimum Gasteiger partial charge on any atom is -0.497 e. The number of hydrogen-bond donors (Lipinski definition) is 0. The Bertz CT molecular complexity index is 497. The van der Waals surface area contributed by atoms with E-state index in [2.05, 4.69) is 30.5 Å². The third kappa shape index (κ3) is 2.86. The van der Waals surface area contributed by atoms with Crippen molar-refractivity contribution in [3.8, 4) is 11.5 Å². The molecule has 3 heteroatoms. The second-order valence-corrected chi connectivity index (χ2v) is 4.30. The van der Waals surface area contributed by atoms with Crippen LogP contribution in [-0.4, -0.2) is 18.3 Å². The summed E-state index contributed by atoms with van der Waals surface area (Å²) in [6, 6.07) is 11.9. The van der Waals surface area contributed by atoms with Crippen molar-refractivity contribution in [2.75, 3.05) is 13.7 Å². The Morgan fingerprint density at radius 2 is 1.67 bits per heavy atom. The molecule has 1 aromatic carbocycles. The second-order valence-electron chi connectivity index (χ2n) is 4.30. The normalized spacial score (nSPS) is 10.4. The molecule has 0 amide bonds. The molecule has 0 N–H and O–H groups in total. The van der Waals surface area contributed by atoms with Crippen molar-refractivity contribution in [1.29, 1.82) is 0 Å². The summed E-state index contributed by atoms with van der Waals surface area (Å²) in [5.41, 5.74) is 2.53. The summed E-state index contributed by atoms with van der Waals surface area (Å²) in [5, 5.41) is 0. The molecule has 0 saturated carbocycles. The maximum Gasteiger partial charge on any atom is 0.123 e. The summed E-state index contributed by atoms with van der Waals surface area (Å²) < 4.78 is 13.1. The highest BCUT2D eigenvalue weighted by molar-refractivity contribution is 5.32. The molecule has 0 atom stereocenters. The van der Waals surface area contributed by atoms with E-state index in [-0.39, 0.29) is 0 Å². The lowest BCUT2D eigenvalue weighted by Crippen LogP contribution is -2.10. The minimum atomic E-state index is 0.656. The molecule has 0 aliphatic rings. The summed E-state index contributed by atoms with van der Waals surface area (Å²) in [4.78, 5) is 0. The minimum absolute atomic E-state index is 0.656. The molecule has 0 unspecified atom stereocenters. The van der Waals surface area contributed by atoms with Crippen molar-refractivity contribution >= 4 is 0 Å². The van der Waals surface area contributed by atoms with E-state index in [0.717, 1.165) is 18.0 Å². The zero-order valence-electron chi connectivity index (χ0n) is 11.1. The average molecular weight is 245 g/mol. The summed E-state index contributed by atoms with van der Waals surface area (Å²) in [6.45, 7) is 5.74. The van der Waals surface area contributed by atoms with Gasteiger partial charge in [0.05, 0.1) is 13.7 Å². The lowest BCUT2D eigenvalue weighted by atomic mass is 10.3. The number of rotatable bonds is 5. The van der Waals surface area contributed by atoms with Gasteiger partial charge < -0.3 is 14.0 Å². The first-order valence-electron chi connectivity index (χ1n) is 6.10. The Labute approximate surface area is 108 Å². The van der Waals surface area contributed by atoms with Gasteiger partial charge in [-0.05, 0) is 38.1 Å². The third-order valence-electron chi connectivity index (χ3n) is 3.04. The fourth-order valence-corrected chi connectivity index (χ4v) is 2.00. The van der Waals surface area contributed by atoms with Gasteiger partial charge in [-0.25, -0.2) is 0 Å². The lowest BCUT2D eigenvalue weighted by molar-refractivity contribution is 0.294. The van der Waals surface area contributed by atoms with Crippen LogP contribution in [0.4, 0.5) is 0 Å². The highest BCUT2D eigenvalue weighted by Crippen LogP contribution is 2.19. The predicted octanol–water partition coefficient (Wildman–Crippen LogP) is 3.19. The molecule has 0 saturated heterocycles. The van der Waals surface area contributed by atoms with Crippen LogP contribution in [0.25, 0.3) is 0 Å². The largest absolute Gasteiger partial charge is 0.497 e. The topological polar surface area (TPSA) is 23.4 Å². The fraction of sp³-hybridized carbons (Fsp3) is 0.333. The van der Waals surface area contributed by atoms with Gasteiger partial charge in [-0.2, -0.15) is 0 Å². The molecule has 2 aromatic rings. The Morgan fingerprint density at radius 3 is 2.33 bits per heavy atom. The molecule has 0 radical (unpaired) electrons. The van der Waals surface area contributed by atoms with Gasteiger partial charge in [0.15, 0.2) is 0 Å². The summed E-state index contributed by atoms with van der Waals surface area (Å²) in [7, 11) is 1.66. The van der Waals surface area contributed by atoms with E-state index in [0.29, 0.717) is 6.61 Å². The number of ether oxygens (including phenoxy) is 2. The van der Waals surface area contributed by atoms with Gasteiger partial charge in [-0.3, -0.25) is 0 Å². The maximum atomic E-state index is 5.73. The van der Waals surface area contributed by atoms with Gasteiger partial charge in [-0.15, -0.1) is 0 Å². The molecule has 0 spiro atoms. The number of aromatic nitrogens is 1. The molecule has 2 rings (SSSR count). The van der Waals surface area contributed by atoms with Gasteiger partial charge in [0, 0.05) is 17.5 Å². The van der Waals surface area contributed by atoms with Crippen molar-refractivity contribution in [1.82, 2.24) is 4.57 Å². The maximum absolute atomic E-state index is 5.73. The van der Waals surface area contributed by atoms with Crippen molar-refractivity contribution in [2.24, 2.45) is 0 Å². The predicted molar refractivity (Wildman–Crippen MR) is 72.4 cm³/mol. The second kappa shape index (κ2) is 5.63. The molecule has 0 fully saturated rings. The van der Waals surface area contributed by atoms with E-state index in [1.54, 1.807) is 7.11 Å². The Morgan fingerprint density at radius 1 is 1.00 bits per heavy atom. The number of aryl methyl sites for hydroxylation is 2. The number of benzene rings is 1. The van der Waals surface area contributed by atoms with Gasteiger partial charge in [0.1, 0.15) is 18.1 Å². The van der Waals surface area contributed by atoms with Crippen LogP contribution in [0.5, 0.6) is 11.5 Å². The molecule has 96 valence electrons. The Kier molecular flexibility index (Phi) is 3.92. The molecule has 0 aliphatic carbocycles. The Balaban J connectivity index is 1.92. The smallest absolute Gasteiger partial charge is 0.123 e. The van der Waals surface area contributed by atoms with Crippen molar-refractivity contribution in [2.45, 2.75) is 20.4 Å². The zero-order chi connectivity index (χ0) is 13.0. The summed E-state index contributed by atoms with van der Waals surface area (Å²) in [6.07, 6.45) is 0. The monoisotopic (exact) mass is 245 g/mol. The molecular weight excluding hydrogens is 226 g/mol. The van der Waals surface area contributed by atoms with Gasteiger partial charge in [-0.1, -0.05) is 6.07 Å². The van der Waals surface area contributed by atoms with Gasteiger partial charge in [0.2, 0.25) is 0 Å². The van der Waals surface area contributed by atoms with Crippen LogP contribution in [0.15, 0.2) is 36.4 Å². The third-order valence-corrected chi connectivity index (χ3v) is 3.04. The van der Waals surface area contributed by atoms with Gasteiger partial charge in [0.25, 0.3) is 0 Å². The quantitative estimate of drug-likeness (QED) is 0.807. The van der Waals surface area contributed by atoms with Crippen LogP contribution < -0.4 is 9.47 Å². The number of hydrogen-bond acceptors (Lipinski definition) is 2. The van der Waals surface area contributed by atoms with E-state index in [9.17, 15) is 0 Å². The van der Waals surface area contributed by atoms with Crippen molar-refractivity contribution < 1.29 is 9.47 Å². The van der Waals surface area contributed by atoms with E-state index < -0.39 is 0 Å². The molecule has 0 bridgehead atoms. The average Bonchev–Trinajstić information content (AvgIpc) is 2.70. The van der Waals surface area contributed by atoms with E-state index in [1.165, 1.54) is 11.4 Å². The molecule has 0 aliphatic heterocycles. The first-order valence-corrected chi connectivity index (χ1v) is 6.10. The molecule has 1 heterocycles. The van der Waals surface area contributed by atoms with E-state index >= 15 is 0 Å². The highest BCUT2D eigenvalue weighted by atomic mass is 16.5. The molecular formula is C15H19NO2. The Hall–Kier alpha value is -1.90. The van der Waals surface area contributed by atoms with Crippen molar-refractivity contribution in [3.63, 3.8) is 0 Å². The fourth-order valence-electron chi connectivity index (χ4n) is 2.00. The van der Waals surface area contributed by atoms with Crippen molar-refractivity contribution in [3.05, 3.63) is 47.8 Å². The summed E-state index contributed by atoms with van der Waals surface area (Å²) >= 11 is 0. The van der Waals surface area contributed by atoms with Gasteiger partial charge >= 0.3 is 0 Å². The summed E-state index contributed by atoms with van der Waals surface area (Å²) in [5.74, 6) is 1.66. The standard InChI is InChI=1S/C15H19NO2/c1-12-7-8-13(2)16(12)9-10-18-15-6-4-5-14(11-15)17-3/h4-8,11H,9-10H2,1-3H3. The molecule has 1 aromatic heterocycles. The van der Waals surface area contributed by atoms with Crippen LogP contribution in [-0.2, 0) is 6.54 Å².